The number of hydrogen-bond donors (Lipinski definition) is 1. The second-order valence-electron chi connectivity index (χ2n) is 9.87. The SMILES string of the molecule is O=C(CCCCCCN1C(=O)c2ccccc2C1=O)N[C@@H](c1ccccc1)c1ccc(-c2ccccc2)cc1. The fourth-order valence-corrected chi connectivity index (χ4v) is 5.09. The van der Waals surface area contributed by atoms with Crippen LogP contribution in [0.5, 0.6) is 0 Å². The maximum Gasteiger partial charge on any atom is 0.261 e. The van der Waals surface area contributed by atoms with Gasteiger partial charge in [0.2, 0.25) is 5.91 Å². The molecule has 1 heterocycles. The van der Waals surface area contributed by atoms with Crippen molar-refractivity contribution in [2.45, 2.75) is 38.1 Å². The Bertz CT molecular complexity index is 1400. The third kappa shape index (κ3) is 6.15. The van der Waals surface area contributed by atoms with Crippen molar-refractivity contribution >= 4 is 17.7 Å². The summed E-state index contributed by atoms with van der Waals surface area (Å²) >= 11 is 0. The number of rotatable bonds is 11. The molecule has 0 bridgehead atoms. The highest BCUT2D eigenvalue weighted by atomic mass is 16.2. The van der Waals surface area contributed by atoms with E-state index in [-0.39, 0.29) is 23.8 Å². The molecule has 0 aliphatic carbocycles. The number of amides is 3. The number of nitrogens with zero attached hydrogens (tertiary/aromatic N) is 1. The molecule has 0 saturated carbocycles. The van der Waals surface area contributed by atoms with Gasteiger partial charge in [0, 0.05) is 13.0 Å². The number of unbranched alkanes of at least 4 members (excludes halogenated alkanes) is 3. The molecule has 5 heteroatoms. The number of fused-ring (bicyclic) bond motifs is 1. The molecule has 5 rings (SSSR count). The van der Waals surface area contributed by atoms with Crippen LogP contribution in [0.15, 0.2) is 109 Å². The molecule has 0 radical (unpaired) electrons. The lowest BCUT2D eigenvalue weighted by atomic mass is 9.96. The fourth-order valence-electron chi connectivity index (χ4n) is 5.09. The molecule has 5 nitrogen and oxygen atoms in total. The summed E-state index contributed by atoms with van der Waals surface area (Å²) in [5, 5.41) is 3.23. The summed E-state index contributed by atoms with van der Waals surface area (Å²) in [5.41, 5.74) is 5.35. The van der Waals surface area contributed by atoms with Gasteiger partial charge in [-0.25, -0.2) is 0 Å². The summed E-state index contributed by atoms with van der Waals surface area (Å²) in [6.45, 7) is 0.410. The standard InChI is InChI=1S/C34H32N2O3/c37-31(19-9-1-2-12-24-36-33(38)29-17-10-11-18-30(29)34(36)39)35-32(27-15-7-4-8-16-27)28-22-20-26(21-23-28)25-13-5-3-6-14-25/h3-8,10-11,13-18,20-23,32H,1-2,9,12,19,24H2,(H,35,37)/t32-/m0/s1. The summed E-state index contributed by atoms with van der Waals surface area (Å²) < 4.78 is 0. The van der Waals surface area contributed by atoms with E-state index in [1.54, 1.807) is 24.3 Å². The molecule has 0 spiro atoms. The van der Waals surface area contributed by atoms with Crippen molar-refractivity contribution in [3.63, 3.8) is 0 Å². The minimum atomic E-state index is -0.225. The Morgan fingerprint density at radius 3 is 1.74 bits per heavy atom. The highest BCUT2D eigenvalue weighted by Crippen LogP contribution is 2.26. The molecule has 39 heavy (non-hydrogen) atoms. The Kier molecular flexibility index (Phi) is 8.27. The van der Waals surface area contributed by atoms with Crippen molar-refractivity contribution in [1.29, 1.82) is 0 Å². The summed E-state index contributed by atoms with van der Waals surface area (Å²) in [6.07, 6.45) is 3.62. The fraction of sp³-hybridized carbons (Fsp3) is 0.206. The number of nitrogens with one attached hydrogen (secondary N) is 1. The number of benzene rings is 4. The molecule has 1 aliphatic rings. The van der Waals surface area contributed by atoms with E-state index in [9.17, 15) is 14.4 Å². The van der Waals surface area contributed by atoms with Gasteiger partial charge < -0.3 is 5.32 Å². The van der Waals surface area contributed by atoms with Crippen LogP contribution in [0.3, 0.4) is 0 Å². The van der Waals surface area contributed by atoms with Gasteiger partial charge in [-0.2, -0.15) is 0 Å². The Morgan fingerprint density at radius 1 is 0.590 bits per heavy atom. The van der Waals surface area contributed by atoms with Crippen LogP contribution in [-0.2, 0) is 4.79 Å². The molecule has 1 aliphatic heterocycles. The molecule has 4 aromatic carbocycles. The number of imide groups is 1. The van der Waals surface area contributed by atoms with Gasteiger partial charge in [-0.3, -0.25) is 19.3 Å². The smallest absolute Gasteiger partial charge is 0.261 e. The highest BCUT2D eigenvalue weighted by molar-refractivity contribution is 6.21. The monoisotopic (exact) mass is 516 g/mol. The summed E-state index contributed by atoms with van der Waals surface area (Å²) in [4.78, 5) is 39.3. The molecular weight excluding hydrogens is 484 g/mol. The molecule has 4 aromatic rings. The van der Waals surface area contributed by atoms with Crippen molar-refractivity contribution in [2.24, 2.45) is 0 Å². The van der Waals surface area contributed by atoms with E-state index in [1.165, 1.54) is 4.90 Å². The lowest BCUT2D eigenvalue weighted by Crippen LogP contribution is -2.30. The molecule has 3 amide bonds. The molecule has 0 saturated heterocycles. The zero-order valence-electron chi connectivity index (χ0n) is 21.9. The van der Waals surface area contributed by atoms with Gasteiger partial charge >= 0.3 is 0 Å². The molecule has 1 N–H and O–H groups in total. The van der Waals surface area contributed by atoms with Crippen LogP contribution in [0.4, 0.5) is 0 Å². The van der Waals surface area contributed by atoms with Gasteiger partial charge in [-0.05, 0) is 47.2 Å². The quantitative estimate of drug-likeness (QED) is 0.176. The zero-order chi connectivity index (χ0) is 27.0. The first kappa shape index (κ1) is 26.1. The van der Waals surface area contributed by atoms with E-state index >= 15 is 0 Å². The van der Waals surface area contributed by atoms with E-state index in [1.807, 2.05) is 48.5 Å². The highest BCUT2D eigenvalue weighted by Gasteiger charge is 2.34. The van der Waals surface area contributed by atoms with E-state index in [0.29, 0.717) is 24.1 Å². The van der Waals surface area contributed by atoms with E-state index in [2.05, 4.69) is 41.7 Å². The van der Waals surface area contributed by atoms with Crippen molar-refractivity contribution in [3.05, 3.63) is 131 Å². The van der Waals surface area contributed by atoms with Crippen LogP contribution in [0, 0.1) is 0 Å². The summed E-state index contributed by atoms with van der Waals surface area (Å²) in [5.74, 6) is -0.409. The van der Waals surface area contributed by atoms with Gasteiger partial charge in [0.25, 0.3) is 11.8 Å². The minimum absolute atomic E-state index is 0.0105. The predicted octanol–water partition coefficient (Wildman–Crippen LogP) is 6.81. The summed E-state index contributed by atoms with van der Waals surface area (Å²) in [7, 11) is 0. The third-order valence-corrected chi connectivity index (χ3v) is 7.20. The van der Waals surface area contributed by atoms with Crippen LogP contribution in [0.25, 0.3) is 11.1 Å². The minimum Gasteiger partial charge on any atom is -0.345 e. The molecule has 0 aromatic heterocycles. The number of carbonyl (C=O) groups is 3. The molecule has 0 unspecified atom stereocenters. The largest absolute Gasteiger partial charge is 0.345 e. The van der Waals surface area contributed by atoms with E-state index in [4.69, 9.17) is 0 Å². The molecular formula is C34H32N2O3. The molecule has 1 atom stereocenters. The number of hydrogen-bond acceptors (Lipinski definition) is 3. The third-order valence-electron chi connectivity index (χ3n) is 7.20. The first-order valence-electron chi connectivity index (χ1n) is 13.6. The average Bonchev–Trinajstić information content (AvgIpc) is 3.23. The molecule has 196 valence electrons. The predicted molar refractivity (Wildman–Crippen MR) is 153 cm³/mol. The Hall–Kier alpha value is -4.51. The van der Waals surface area contributed by atoms with Gasteiger partial charge in [0.05, 0.1) is 17.2 Å². The van der Waals surface area contributed by atoms with Crippen LogP contribution >= 0.6 is 0 Å². The Morgan fingerprint density at radius 2 is 1.10 bits per heavy atom. The Balaban J connectivity index is 1.12. The first-order chi connectivity index (χ1) is 19.1. The van der Waals surface area contributed by atoms with Crippen molar-refractivity contribution in [2.75, 3.05) is 6.54 Å². The van der Waals surface area contributed by atoms with Gasteiger partial charge in [0.15, 0.2) is 0 Å². The second kappa shape index (κ2) is 12.4. The zero-order valence-corrected chi connectivity index (χ0v) is 21.9. The molecule has 0 fully saturated rings. The van der Waals surface area contributed by atoms with Crippen LogP contribution in [0.2, 0.25) is 0 Å². The van der Waals surface area contributed by atoms with Crippen molar-refractivity contribution < 1.29 is 14.4 Å². The van der Waals surface area contributed by atoms with Gasteiger partial charge in [-0.1, -0.05) is 110 Å². The van der Waals surface area contributed by atoms with Gasteiger partial charge in [0.1, 0.15) is 0 Å². The van der Waals surface area contributed by atoms with E-state index in [0.717, 1.165) is 47.9 Å². The topological polar surface area (TPSA) is 66.5 Å². The van der Waals surface area contributed by atoms with E-state index < -0.39 is 0 Å². The maximum atomic E-state index is 12.9. The van der Waals surface area contributed by atoms with Gasteiger partial charge in [-0.15, -0.1) is 0 Å². The number of carbonyl (C=O) groups excluding carboxylic acids is 3. The van der Waals surface area contributed by atoms with Crippen LogP contribution in [0.1, 0.15) is 70.0 Å². The summed E-state index contributed by atoms with van der Waals surface area (Å²) in [6, 6.07) is 35.4. The van der Waals surface area contributed by atoms with Crippen LogP contribution in [-0.4, -0.2) is 29.2 Å². The first-order valence-corrected chi connectivity index (χ1v) is 13.6. The van der Waals surface area contributed by atoms with Crippen LogP contribution < -0.4 is 5.32 Å². The normalized spacial score (nSPS) is 13.3. The maximum absolute atomic E-state index is 12.9. The lowest BCUT2D eigenvalue weighted by Gasteiger charge is -2.20. The lowest BCUT2D eigenvalue weighted by molar-refractivity contribution is -0.121. The average molecular weight is 517 g/mol. The van der Waals surface area contributed by atoms with Crippen molar-refractivity contribution in [1.82, 2.24) is 10.2 Å². The van der Waals surface area contributed by atoms with Crippen molar-refractivity contribution in [3.8, 4) is 11.1 Å². The second-order valence-corrected chi connectivity index (χ2v) is 9.87. The Labute approximate surface area is 229 Å².